The van der Waals surface area contributed by atoms with Crippen LogP contribution in [0.2, 0.25) is 0 Å². The first-order chi connectivity index (χ1) is 9.85. The minimum absolute atomic E-state index is 0.0794. The Hall–Kier alpha value is -0.890. The Bertz CT molecular complexity index is 588. The lowest BCUT2D eigenvalue weighted by Crippen LogP contribution is -2.41. The minimum Gasteiger partial charge on any atom is -0.465 e. The van der Waals surface area contributed by atoms with Crippen LogP contribution in [0.3, 0.4) is 0 Å². The maximum absolute atomic E-state index is 12.5. The number of aliphatic hydroxyl groups excluding tert-OH is 1. The fourth-order valence-electron chi connectivity index (χ4n) is 2.96. The topological polar surface area (TPSA) is 82.8 Å². The molecule has 1 aromatic heterocycles. The molecule has 6 nitrogen and oxygen atoms in total. The number of furan rings is 1. The number of rotatable bonds is 6. The smallest absolute Gasteiger partial charge is 0.244 e. The van der Waals surface area contributed by atoms with E-state index in [-0.39, 0.29) is 17.5 Å². The van der Waals surface area contributed by atoms with Gasteiger partial charge in [-0.25, -0.2) is 13.1 Å². The molecule has 120 valence electrons. The summed E-state index contributed by atoms with van der Waals surface area (Å²) in [5, 5.41) is 9.38. The number of hydrogen-bond acceptors (Lipinski definition) is 5. The van der Waals surface area contributed by atoms with Crippen LogP contribution in [0.4, 0.5) is 0 Å². The molecular formula is C14H24N2O4S. The third kappa shape index (κ3) is 3.66. The number of sulfonamides is 1. The van der Waals surface area contributed by atoms with Crippen LogP contribution in [0.1, 0.15) is 36.8 Å². The molecule has 1 aromatic rings. The largest absolute Gasteiger partial charge is 0.465 e. The van der Waals surface area contributed by atoms with Crippen LogP contribution in [0, 0.1) is 13.8 Å². The summed E-state index contributed by atoms with van der Waals surface area (Å²) in [6.45, 7) is 7.52. The normalized spacial score (nSPS) is 18.3. The Balaban J connectivity index is 2.14. The van der Waals surface area contributed by atoms with Crippen LogP contribution in [-0.2, 0) is 16.6 Å². The van der Waals surface area contributed by atoms with Crippen molar-refractivity contribution in [1.29, 1.82) is 0 Å². The Morgan fingerprint density at radius 1 is 1.29 bits per heavy atom. The van der Waals surface area contributed by atoms with Gasteiger partial charge in [0.15, 0.2) is 0 Å². The van der Waals surface area contributed by atoms with Crippen molar-refractivity contribution in [2.45, 2.75) is 51.2 Å². The van der Waals surface area contributed by atoms with Gasteiger partial charge in [0.2, 0.25) is 10.0 Å². The maximum atomic E-state index is 12.5. The summed E-state index contributed by atoms with van der Waals surface area (Å²) < 4.78 is 33.1. The maximum Gasteiger partial charge on any atom is 0.244 e. The van der Waals surface area contributed by atoms with Crippen molar-refractivity contribution >= 4 is 10.0 Å². The number of aliphatic hydroxyl groups is 1. The molecular weight excluding hydrogens is 292 g/mol. The zero-order valence-corrected chi connectivity index (χ0v) is 13.7. The highest BCUT2D eigenvalue weighted by Crippen LogP contribution is 2.26. The molecule has 21 heavy (non-hydrogen) atoms. The van der Waals surface area contributed by atoms with E-state index in [9.17, 15) is 13.5 Å². The van der Waals surface area contributed by atoms with Gasteiger partial charge in [0.05, 0.1) is 6.61 Å². The molecule has 1 saturated heterocycles. The molecule has 0 saturated carbocycles. The third-order valence-electron chi connectivity index (χ3n) is 3.84. The molecule has 0 aliphatic carbocycles. The summed E-state index contributed by atoms with van der Waals surface area (Å²) in [4.78, 5) is 2.34. The summed E-state index contributed by atoms with van der Waals surface area (Å²) in [5.74, 6) is 0.764. The van der Waals surface area contributed by atoms with Crippen LogP contribution in [0.25, 0.3) is 0 Å². The van der Waals surface area contributed by atoms with Gasteiger partial charge in [0.1, 0.15) is 16.4 Å². The first-order valence-electron chi connectivity index (χ1n) is 7.29. The van der Waals surface area contributed by atoms with E-state index in [1.807, 2.05) is 6.92 Å². The molecule has 1 unspecified atom stereocenters. The molecule has 2 heterocycles. The van der Waals surface area contributed by atoms with E-state index >= 15 is 0 Å². The number of aryl methyl sites for hydroxylation is 2. The van der Waals surface area contributed by atoms with Gasteiger partial charge in [-0.05, 0) is 46.7 Å². The Morgan fingerprint density at radius 2 is 1.90 bits per heavy atom. The van der Waals surface area contributed by atoms with Gasteiger partial charge >= 0.3 is 0 Å². The predicted molar refractivity (Wildman–Crippen MR) is 79.6 cm³/mol. The standard InChI is InChI=1S/C14H24N2O4S/c1-10(8-16-6-4-5-7-16)15-21(18,19)14-12(3)20-11(2)13(14)9-17/h10,15,17H,4-9H2,1-3H3. The summed E-state index contributed by atoms with van der Waals surface area (Å²) in [6.07, 6.45) is 2.35. The van der Waals surface area contributed by atoms with E-state index < -0.39 is 10.0 Å². The second-order valence-electron chi connectivity index (χ2n) is 5.71. The lowest BCUT2D eigenvalue weighted by molar-refractivity contribution is 0.276. The van der Waals surface area contributed by atoms with Crippen molar-refractivity contribution in [3.05, 3.63) is 17.1 Å². The van der Waals surface area contributed by atoms with E-state index in [0.29, 0.717) is 23.6 Å². The average Bonchev–Trinajstić information content (AvgIpc) is 2.95. The second-order valence-corrected chi connectivity index (χ2v) is 7.36. The molecule has 1 fully saturated rings. The van der Waals surface area contributed by atoms with E-state index in [1.165, 1.54) is 12.8 Å². The number of nitrogens with one attached hydrogen (secondary N) is 1. The van der Waals surface area contributed by atoms with Gasteiger partial charge in [0.25, 0.3) is 0 Å². The predicted octanol–water partition coefficient (Wildman–Crippen LogP) is 1.15. The fraction of sp³-hybridized carbons (Fsp3) is 0.714. The van der Waals surface area contributed by atoms with Crippen LogP contribution in [0.15, 0.2) is 9.31 Å². The molecule has 1 aliphatic rings. The van der Waals surface area contributed by atoms with Crippen LogP contribution in [0.5, 0.6) is 0 Å². The highest BCUT2D eigenvalue weighted by Gasteiger charge is 2.28. The summed E-state index contributed by atoms with van der Waals surface area (Å²) in [7, 11) is -3.68. The Labute approximate surface area is 126 Å². The lowest BCUT2D eigenvalue weighted by Gasteiger charge is -2.21. The summed E-state index contributed by atoms with van der Waals surface area (Å²) in [5.41, 5.74) is 0.341. The molecule has 1 aliphatic heterocycles. The van der Waals surface area contributed by atoms with Crippen LogP contribution < -0.4 is 4.72 Å². The van der Waals surface area contributed by atoms with Gasteiger partial charge in [-0.3, -0.25) is 0 Å². The quantitative estimate of drug-likeness (QED) is 0.823. The van der Waals surface area contributed by atoms with Crippen LogP contribution in [-0.4, -0.2) is 44.1 Å². The van der Waals surface area contributed by atoms with Gasteiger partial charge in [-0.2, -0.15) is 0 Å². The molecule has 0 bridgehead atoms. The van der Waals surface area contributed by atoms with E-state index in [2.05, 4.69) is 9.62 Å². The minimum atomic E-state index is -3.68. The zero-order chi connectivity index (χ0) is 15.6. The van der Waals surface area contributed by atoms with E-state index in [0.717, 1.165) is 13.1 Å². The Morgan fingerprint density at radius 3 is 2.48 bits per heavy atom. The molecule has 0 radical (unpaired) electrons. The molecule has 7 heteroatoms. The molecule has 0 amide bonds. The average molecular weight is 316 g/mol. The van der Waals surface area contributed by atoms with Crippen molar-refractivity contribution in [2.24, 2.45) is 0 Å². The first kappa shape index (κ1) is 16.5. The molecule has 1 atom stereocenters. The van der Waals surface area contributed by atoms with Gasteiger partial charge in [-0.1, -0.05) is 0 Å². The second kappa shape index (κ2) is 6.48. The third-order valence-corrected chi connectivity index (χ3v) is 5.62. The lowest BCUT2D eigenvalue weighted by atomic mass is 10.2. The van der Waals surface area contributed by atoms with Gasteiger partial charge in [0, 0.05) is 18.2 Å². The summed E-state index contributed by atoms with van der Waals surface area (Å²) >= 11 is 0. The molecule has 0 spiro atoms. The number of hydrogen-bond donors (Lipinski definition) is 2. The van der Waals surface area contributed by atoms with E-state index in [1.54, 1.807) is 13.8 Å². The molecule has 2 N–H and O–H groups in total. The molecule has 2 rings (SSSR count). The van der Waals surface area contributed by atoms with Crippen molar-refractivity contribution in [2.75, 3.05) is 19.6 Å². The van der Waals surface area contributed by atoms with Gasteiger partial charge in [-0.15, -0.1) is 0 Å². The highest BCUT2D eigenvalue weighted by atomic mass is 32.2. The fourth-order valence-corrected chi connectivity index (χ4v) is 4.63. The summed E-state index contributed by atoms with van der Waals surface area (Å²) in [6, 6.07) is -0.186. The van der Waals surface area contributed by atoms with Crippen molar-refractivity contribution < 1.29 is 17.9 Å². The Kier molecular flexibility index (Phi) is 5.08. The zero-order valence-electron chi connectivity index (χ0n) is 12.8. The highest BCUT2D eigenvalue weighted by molar-refractivity contribution is 7.89. The van der Waals surface area contributed by atoms with E-state index in [4.69, 9.17) is 4.42 Å². The number of nitrogens with zero attached hydrogens (tertiary/aromatic N) is 1. The van der Waals surface area contributed by atoms with Crippen LogP contribution >= 0.6 is 0 Å². The van der Waals surface area contributed by atoms with Crippen molar-refractivity contribution in [3.8, 4) is 0 Å². The van der Waals surface area contributed by atoms with Crippen molar-refractivity contribution in [1.82, 2.24) is 9.62 Å². The monoisotopic (exact) mass is 316 g/mol. The number of likely N-dealkylation sites (tertiary alicyclic amines) is 1. The molecule has 0 aromatic carbocycles. The first-order valence-corrected chi connectivity index (χ1v) is 8.78. The van der Waals surface area contributed by atoms with Gasteiger partial charge < -0.3 is 14.4 Å². The SMILES string of the molecule is Cc1oc(C)c(S(=O)(=O)NC(C)CN2CCCC2)c1CO. The van der Waals surface area contributed by atoms with Crippen molar-refractivity contribution in [3.63, 3.8) is 0 Å².